The Hall–Kier alpha value is -1.56. The van der Waals surface area contributed by atoms with E-state index in [1.807, 2.05) is 0 Å². The van der Waals surface area contributed by atoms with E-state index in [2.05, 4.69) is 10.2 Å². The fourth-order valence-electron chi connectivity index (χ4n) is 1.34. The van der Waals surface area contributed by atoms with Gasteiger partial charge >= 0.3 is 11.9 Å². The van der Waals surface area contributed by atoms with E-state index in [0.29, 0.717) is 6.54 Å². The van der Waals surface area contributed by atoms with Gasteiger partial charge < -0.3 is 14.8 Å². The number of hydrogen-bond donors (Lipinski definition) is 1. The fraction of sp³-hybridized carbons (Fsp3) is 0.667. The molecule has 6 heteroatoms. The van der Waals surface area contributed by atoms with Crippen molar-refractivity contribution >= 4 is 11.9 Å². The number of esters is 2. The van der Waals surface area contributed by atoms with Crippen molar-refractivity contribution in [1.29, 1.82) is 0 Å². The molecule has 6 nitrogen and oxygen atoms in total. The van der Waals surface area contributed by atoms with Crippen LogP contribution < -0.4 is 5.32 Å². The van der Waals surface area contributed by atoms with Crippen LogP contribution in [0.5, 0.6) is 0 Å². The summed E-state index contributed by atoms with van der Waals surface area (Å²) in [7, 11) is 0. The normalized spacial score (nSPS) is 15.1. The second-order valence-electron chi connectivity index (χ2n) is 3.80. The molecule has 0 amide bonds. The van der Waals surface area contributed by atoms with Gasteiger partial charge in [0.1, 0.15) is 5.70 Å². The van der Waals surface area contributed by atoms with Crippen LogP contribution in [0.1, 0.15) is 13.8 Å². The van der Waals surface area contributed by atoms with Gasteiger partial charge in [-0.2, -0.15) is 0 Å². The first-order valence-corrected chi connectivity index (χ1v) is 6.19. The molecule has 18 heavy (non-hydrogen) atoms. The molecule has 1 fully saturated rings. The fourth-order valence-corrected chi connectivity index (χ4v) is 1.34. The van der Waals surface area contributed by atoms with Gasteiger partial charge in [-0.25, -0.2) is 9.59 Å². The number of nitrogens with one attached hydrogen (secondary N) is 1. The van der Waals surface area contributed by atoms with Crippen LogP contribution in [-0.4, -0.2) is 56.2 Å². The topological polar surface area (TPSA) is 67.6 Å². The molecule has 0 aliphatic carbocycles. The number of carbonyl (C=O) groups excluding carboxylic acids is 2. The highest BCUT2D eigenvalue weighted by molar-refractivity contribution is 5.95. The van der Waals surface area contributed by atoms with Gasteiger partial charge in [-0.3, -0.25) is 4.90 Å². The minimum absolute atomic E-state index is 0.150. The highest BCUT2D eigenvalue weighted by Crippen LogP contribution is 2.01. The Balaban J connectivity index is 2.48. The van der Waals surface area contributed by atoms with Crippen LogP contribution in [0, 0.1) is 0 Å². The molecule has 0 radical (unpaired) electrons. The molecule has 1 heterocycles. The van der Waals surface area contributed by atoms with Crippen molar-refractivity contribution in [3.8, 4) is 0 Å². The minimum atomic E-state index is -0.542. The molecule has 1 rings (SSSR count). The maximum Gasteiger partial charge on any atom is 0.354 e. The van der Waals surface area contributed by atoms with E-state index in [4.69, 9.17) is 9.47 Å². The Kier molecular flexibility index (Phi) is 6.21. The summed E-state index contributed by atoms with van der Waals surface area (Å²) in [5.74, 6) is -1.07. The zero-order chi connectivity index (χ0) is 13.4. The monoisotopic (exact) mass is 256 g/mol. The summed E-state index contributed by atoms with van der Waals surface area (Å²) >= 11 is 0. The molecule has 0 spiro atoms. The van der Waals surface area contributed by atoms with Crippen molar-refractivity contribution in [2.75, 3.05) is 39.4 Å². The Morgan fingerprint density at radius 3 is 2.44 bits per heavy atom. The number of hydrogen-bond acceptors (Lipinski definition) is 6. The molecule has 1 saturated heterocycles. The van der Waals surface area contributed by atoms with Crippen LogP contribution in [0.15, 0.2) is 11.8 Å². The first-order valence-electron chi connectivity index (χ1n) is 6.19. The first-order chi connectivity index (χ1) is 8.67. The van der Waals surface area contributed by atoms with Gasteiger partial charge in [-0.05, 0) is 13.8 Å². The molecule has 0 unspecified atom stereocenters. The SMILES string of the molecule is CCOC(=O)/C=C(/NCCN1CC1)C(=O)OCC. The van der Waals surface area contributed by atoms with E-state index >= 15 is 0 Å². The molecule has 0 bridgehead atoms. The molecule has 0 aromatic rings. The molecule has 0 aromatic carbocycles. The van der Waals surface area contributed by atoms with Crippen molar-refractivity contribution in [1.82, 2.24) is 10.2 Å². The summed E-state index contributed by atoms with van der Waals surface area (Å²) in [6.07, 6.45) is 1.14. The van der Waals surface area contributed by atoms with Gasteiger partial charge in [0.2, 0.25) is 0 Å². The van der Waals surface area contributed by atoms with E-state index in [1.54, 1.807) is 13.8 Å². The first kappa shape index (κ1) is 14.5. The van der Waals surface area contributed by atoms with Crippen LogP contribution in [0.25, 0.3) is 0 Å². The average Bonchev–Trinajstić information content (AvgIpc) is 3.12. The number of nitrogens with zero attached hydrogens (tertiary/aromatic N) is 1. The number of rotatable bonds is 8. The second kappa shape index (κ2) is 7.71. The molecule has 1 N–H and O–H groups in total. The third-order valence-corrected chi connectivity index (χ3v) is 2.33. The standard InChI is InChI=1S/C12H20N2O4/c1-3-17-11(15)9-10(12(16)18-4-2)13-5-6-14-7-8-14/h9,13H,3-8H2,1-2H3/b10-9+. The van der Waals surface area contributed by atoms with Crippen molar-refractivity contribution < 1.29 is 19.1 Å². The summed E-state index contributed by atoms with van der Waals surface area (Å²) in [6, 6.07) is 0. The average molecular weight is 256 g/mol. The minimum Gasteiger partial charge on any atom is -0.463 e. The Bertz CT molecular complexity index is 324. The Morgan fingerprint density at radius 2 is 1.89 bits per heavy atom. The zero-order valence-electron chi connectivity index (χ0n) is 10.9. The van der Waals surface area contributed by atoms with E-state index in [0.717, 1.165) is 25.7 Å². The smallest absolute Gasteiger partial charge is 0.354 e. The lowest BCUT2D eigenvalue weighted by molar-refractivity contribution is -0.141. The summed E-state index contributed by atoms with van der Waals surface area (Å²) < 4.78 is 9.63. The third-order valence-electron chi connectivity index (χ3n) is 2.33. The van der Waals surface area contributed by atoms with E-state index < -0.39 is 11.9 Å². The van der Waals surface area contributed by atoms with Gasteiger partial charge in [0.25, 0.3) is 0 Å². The Labute approximate surface area is 107 Å². The highest BCUT2D eigenvalue weighted by atomic mass is 16.5. The summed E-state index contributed by atoms with van der Waals surface area (Å²) in [5, 5.41) is 2.91. The van der Waals surface area contributed by atoms with Crippen LogP contribution >= 0.6 is 0 Å². The van der Waals surface area contributed by atoms with Crippen molar-refractivity contribution in [3.63, 3.8) is 0 Å². The lowest BCUT2D eigenvalue weighted by Gasteiger charge is -2.10. The molecule has 0 aromatic heterocycles. The predicted molar refractivity (Wildman–Crippen MR) is 65.8 cm³/mol. The lowest BCUT2D eigenvalue weighted by Crippen LogP contribution is -2.28. The van der Waals surface area contributed by atoms with Gasteiger partial charge in [-0.1, -0.05) is 0 Å². The van der Waals surface area contributed by atoms with Gasteiger partial charge in [0.05, 0.1) is 19.3 Å². The quantitative estimate of drug-likeness (QED) is 0.372. The van der Waals surface area contributed by atoms with Crippen molar-refractivity contribution in [3.05, 3.63) is 11.8 Å². The summed E-state index contributed by atoms with van der Waals surface area (Å²) in [5.41, 5.74) is 0.150. The summed E-state index contributed by atoms with van der Waals surface area (Å²) in [4.78, 5) is 25.1. The van der Waals surface area contributed by atoms with Crippen molar-refractivity contribution in [2.45, 2.75) is 13.8 Å². The highest BCUT2D eigenvalue weighted by Gasteiger charge is 2.17. The predicted octanol–water partition coefficient (Wildman–Crippen LogP) is -0.0983. The van der Waals surface area contributed by atoms with Crippen LogP contribution in [0.4, 0.5) is 0 Å². The zero-order valence-corrected chi connectivity index (χ0v) is 10.9. The van der Waals surface area contributed by atoms with Crippen LogP contribution in [0.3, 0.4) is 0 Å². The largest absolute Gasteiger partial charge is 0.463 e. The van der Waals surface area contributed by atoms with Crippen molar-refractivity contribution in [2.24, 2.45) is 0 Å². The maximum absolute atomic E-state index is 11.6. The molecule has 0 atom stereocenters. The lowest BCUT2D eigenvalue weighted by atomic mass is 10.3. The van der Waals surface area contributed by atoms with Crippen LogP contribution in [0.2, 0.25) is 0 Å². The van der Waals surface area contributed by atoms with Gasteiger partial charge in [0, 0.05) is 26.2 Å². The molecular formula is C12H20N2O4. The number of ether oxygens (including phenoxy) is 2. The molecule has 102 valence electrons. The molecular weight excluding hydrogens is 236 g/mol. The molecule has 0 saturated carbocycles. The van der Waals surface area contributed by atoms with E-state index in [9.17, 15) is 9.59 Å². The van der Waals surface area contributed by atoms with Gasteiger partial charge in [0.15, 0.2) is 0 Å². The molecule has 1 aliphatic rings. The van der Waals surface area contributed by atoms with E-state index in [1.165, 1.54) is 0 Å². The third kappa shape index (κ3) is 5.67. The summed E-state index contributed by atoms with van der Waals surface area (Å²) in [6.45, 7) is 7.62. The second-order valence-corrected chi connectivity index (χ2v) is 3.80. The van der Waals surface area contributed by atoms with Crippen LogP contribution in [-0.2, 0) is 19.1 Å². The maximum atomic E-state index is 11.6. The Morgan fingerprint density at radius 1 is 1.22 bits per heavy atom. The van der Waals surface area contributed by atoms with Gasteiger partial charge in [-0.15, -0.1) is 0 Å². The number of carbonyl (C=O) groups is 2. The molecule has 1 aliphatic heterocycles. The van der Waals surface area contributed by atoms with E-state index in [-0.39, 0.29) is 18.9 Å².